The fraction of sp³-hybridized carbons (Fsp3) is 0.483. The number of amides is 3. The van der Waals surface area contributed by atoms with Gasteiger partial charge in [0.05, 0.1) is 19.8 Å². The maximum absolute atomic E-state index is 14.0. The van der Waals surface area contributed by atoms with Gasteiger partial charge in [0.2, 0.25) is 5.91 Å². The van der Waals surface area contributed by atoms with Crippen molar-refractivity contribution in [2.24, 2.45) is 0 Å². The summed E-state index contributed by atoms with van der Waals surface area (Å²) in [6.45, 7) is 3.96. The number of likely N-dealkylation sites (tertiary alicyclic amines) is 1. The van der Waals surface area contributed by atoms with E-state index < -0.39 is 11.8 Å². The van der Waals surface area contributed by atoms with E-state index in [0.717, 1.165) is 18.4 Å². The maximum Gasteiger partial charge on any atom is 0.257 e. The molecule has 3 heterocycles. The van der Waals surface area contributed by atoms with Crippen molar-refractivity contribution in [3.05, 3.63) is 65.2 Å². The highest BCUT2D eigenvalue weighted by Crippen LogP contribution is 2.39. The summed E-state index contributed by atoms with van der Waals surface area (Å²) in [6, 6.07) is 13.7. The second-order valence-electron chi connectivity index (χ2n) is 10.2. The van der Waals surface area contributed by atoms with Gasteiger partial charge in [-0.3, -0.25) is 19.3 Å². The highest BCUT2D eigenvalue weighted by Gasteiger charge is 2.54. The van der Waals surface area contributed by atoms with E-state index in [2.05, 4.69) is 5.32 Å². The first-order chi connectivity index (χ1) is 18.4. The number of hydrogen-bond donors (Lipinski definition) is 1. The maximum atomic E-state index is 14.0. The number of piperidine rings is 1. The van der Waals surface area contributed by atoms with E-state index in [1.165, 1.54) is 0 Å². The van der Waals surface area contributed by atoms with Crippen molar-refractivity contribution < 1.29 is 28.6 Å². The van der Waals surface area contributed by atoms with Gasteiger partial charge in [-0.05, 0) is 49.6 Å². The molecule has 3 saturated heterocycles. The lowest BCUT2D eigenvalue weighted by molar-refractivity contribution is -0.128. The molecule has 2 aromatic carbocycles. The highest BCUT2D eigenvalue weighted by atomic mass is 16.5. The molecule has 3 aliphatic rings. The number of nitrogens with zero attached hydrogens (tertiary/aromatic N) is 2. The zero-order chi connectivity index (χ0) is 26.7. The summed E-state index contributed by atoms with van der Waals surface area (Å²) >= 11 is 0. The van der Waals surface area contributed by atoms with Crippen LogP contribution in [0.15, 0.2) is 48.5 Å². The highest BCUT2D eigenvalue weighted by molar-refractivity contribution is 5.99. The van der Waals surface area contributed by atoms with Crippen LogP contribution in [0.25, 0.3) is 0 Å². The molecular weight excluding hydrogens is 486 g/mol. The minimum atomic E-state index is -0.978. The summed E-state index contributed by atoms with van der Waals surface area (Å²) < 4.78 is 17.3. The van der Waals surface area contributed by atoms with Crippen LogP contribution >= 0.6 is 0 Å². The van der Waals surface area contributed by atoms with Crippen molar-refractivity contribution in [1.82, 2.24) is 15.1 Å². The molecular formula is C29H35N3O6. The van der Waals surface area contributed by atoms with E-state index in [-0.39, 0.29) is 30.4 Å². The Kier molecular flexibility index (Phi) is 7.67. The Morgan fingerprint density at radius 1 is 1.08 bits per heavy atom. The average Bonchev–Trinajstić information content (AvgIpc) is 3.60. The predicted molar refractivity (Wildman–Crippen MR) is 140 cm³/mol. The SMILES string of the molecule is COc1cccc(C(=O)N2C(C(=O)NCC3CCCO3)COC23CCN(C(=O)c2ccccc2C)CC3)c1. The second-order valence-corrected chi connectivity index (χ2v) is 10.2. The molecule has 0 aromatic heterocycles. The van der Waals surface area contributed by atoms with E-state index in [1.807, 2.05) is 31.2 Å². The Labute approximate surface area is 223 Å². The Morgan fingerprint density at radius 2 is 1.87 bits per heavy atom. The zero-order valence-corrected chi connectivity index (χ0v) is 22.0. The van der Waals surface area contributed by atoms with Crippen molar-refractivity contribution in [1.29, 1.82) is 0 Å². The molecule has 2 unspecified atom stereocenters. The summed E-state index contributed by atoms with van der Waals surface area (Å²) in [5.41, 5.74) is 1.04. The number of rotatable bonds is 6. The van der Waals surface area contributed by atoms with Crippen molar-refractivity contribution in [2.75, 3.05) is 40.0 Å². The molecule has 3 aliphatic heterocycles. The van der Waals surface area contributed by atoms with Crippen molar-refractivity contribution in [3.63, 3.8) is 0 Å². The van der Waals surface area contributed by atoms with E-state index in [4.69, 9.17) is 14.2 Å². The van der Waals surface area contributed by atoms with Crippen LogP contribution in [0.2, 0.25) is 0 Å². The third kappa shape index (κ3) is 5.13. The van der Waals surface area contributed by atoms with Crippen molar-refractivity contribution >= 4 is 17.7 Å². The molecule has 3 fully saturated rings. The predicted octanol–water partition coefficient (Wildman–Crippen LogP) is 2.77. The first-order valence-electron chi connectivity index (χ1n) is 13.3. The summed E-state index contributed by atoms with van der Waals surface area (Å²) in [5.74, 6) is -0.0279. The second kappa shape index (κ2) is 11.1. The largest absolute Gasteiger partial charge is 0.497 e. The molecule has 2 aromatic rings. The third-order valence-corrected chi connectivity index (χ3v) is 7.83. The molecule has 0 bridgehead atoms. The van der Waals surface area contributed by atoms with E-state index in [0.29, 0.717) is 56.0 Å². The van der Waals surface area contributed by atoms with Crippen LogP contribution in [-0.2, 0) is 14.3 Å². The Hall–Kier alpha value is -3.43. The quantitative estimate of drug-likeness (QED) is 0.628. The Balaban J connectivity index is 1.36. The van der Waals surface area contributed by atoms with Crippen LogP contribution in [0.3, 0.4) is 0 Å². The smallest absolute Gasteiger partial charge is 0.257 e. The minimum Gasteiger partial charge on any atom is -0.497 e. The molecule has 1 N–H and O–H groups in total. The number of carbonyl (C=O) groups excluding carboxylic acids is 3. The normalized spacial score (nSPS) is 22.5. The van der Waals surface area contributed by atoms with Gasteiger partial charge in [0.1, 0.15) is 17.5 Å². The fourth-order valence-electron chi connectivity index (χ4n) is 5.64. The monoisotopic (exact) mass is 521 g/mol. The van der Waals surface area contributed by atoms with Crippen molar-refractivity contribution in [2.45, 2.75) is 50.5 Å². The first-order valence-corrected chi connectivity index (χ1v) is 13.3. The van der Waals surface area contributed by atoms with E-state index in [1.54, 1.807) is 41.2 Å². The van der Waals surface area contributed by atoms with Gasteiger partial charge in [-0.2, -0.15) is 0 Å². The summed E-state index contributed by atoms with van der Waals surface area (Å²) in [4.78, 5) is 43.9. The Bertz CT molecular complexity index is 1190. The summed E-state index contributed by atoms with van der Waals surface area (Å²) in [6.07, 6.45) is 2.70. The van der Waals surface area contributed by atoms with Crippen LogP contribution in [0, 0.1) is 6.92 Å². The Morgan fingerprint density at radius 3 is 2.58 bits per heavy atom. The molecule has 0 saturated carbocycles. The molecule has 38 heavy (non-hydrogen) atoms. The van der Waals surface area contributed by atoms with Crippen LogP contribution in [0.5, 0.6) is 5.75 Å². The van der Waals surface area contributed by atoms with Gasteiger partial charge < -0.3 is 24.4 Å². The summed E-state index contributed by atoms with van der Waals surface area (Å²) in [7, 11) is 1.55. The van der Waals surface area contributed by atoms with Gasteiger partial charge in [-0.25, -0.2) is 0 Å². The van der Waals surface area contributed by atoms with E-state index in [9.17, 15) is 14.4 Å². The number of nitrogens with one attached hydrogen (secondary N) is 1. The van der Waals surface area contributed by atoms with Crippen LogP contribution in [0.1, 0.15) is 52.0 Å². The number of benzene rings is 2. The zero-order valence-electron chi connectivity index (χ0n) is 22.0. The average molecular weight is 522 g/mol. The number of aryl methyl sites for hydroxylation is 1. The lowest BCUT2D eigenvalue weighted by atomic mass is 9.95. The molecule has 2 atom stereocenters. The third-order valence-electron chi connectivity index (χ3n) is 7.83. The molecule has 202 valence electrons. The fourth-order valence-corrected chi connectivity index (χ4v) is 5.64. The number of ether oxygens (including phenoxy) is 3. The van der Waals surface area contributed by atoms with Gasteiger partial charge in [-0.1, -0.05) is 24.3 Å². The van der Waals surface area contributed by atoms with Gasteiger partial charge in [-0.15, -0.1) is 0 Å². The molecule has 0 radical (unpaired) electrons. The van der Waals surface area contributed by atoms with Crippen LogP contribution in [0.4, 0.5) is 0 Å². The molecule has 5 rings (SSSR count). The minimum absolute atomic E-state index is 0.00605. The van der Waals surface area contributed by atoms with Gasteiger partial charge >= 0.3 is 0 Å². The van der Waals surface area contributed by atoms with E-state index >= 15 is 0 Å². The summed E-state index contributed by atoms with van der Waals surface area (Å²) in [5, 5.41) is 2.98. The molecule has 9 heteroatoms. The molecule has 1 spiro atoms. The molecule has 3 amide bonds. The number of carbonyl (C=O) groups is 3. The van der Waals surface area contributed by atoms with Crippen LogP contribution in [-0.4, -0.2) is 85.3 Å². The van der Waals surface area contributed by atoms with Gasteiger partial charge in [0.15, 0.2) is 0 Å². The lowest BCUT2D eigenvalue weighted by Gasteiger charge is -2.44. The first kappa shape index (κ1) is 26.2. The molecule has 9 nitrogen and oxygen atoms in total. The number of hydrogen-bond acceptors (Lipinski definition) is 6. The van der Waals surface area contributed by atoms with Crippen molar-refractivity contribution in [3.8, 4) is 5.75 Å². The molecule has 0 aliphatic carbocycles. The standard InChI is InChI=1S/C29H35N3O6/c1-20-7-3-4-11-24(20)28(35)31-14-12-29(13-15-31)32(27(34)21-8-5-9-22(17-21)36-2)25(19-38-29)26(33)30-18-23-10-6-16-37-23/h3-5,7-9,11,17,23,25H,6,10,12-16,18-19H2,1-2H3,(H,30,33). The van der Waals surface area contributed by atoms with Gasteiger partial charge in [0.25, 0.3) is 11.8 Å². The van der Waals surface area contributed by atoms with Gasteiger partial charge in [0, 0.05) is 50.2 Å². The van der Waals surface area contributed by atoms with Crippen LogP contribution < -0.4 is 10.1 Å². The lowest BCUT2D eigenvalue weighted by Crippen LogP contribution is -2.60. The number of methoxy groups -OCH3 is 1. The topological polar surface area (TPSA) is 97.4 Å².